The first kappa shape index (κ1) is 40.7. The maximum Gasteiger partial charge on any atom is 0.371 e. The van der Waals surface area contributed by atoms with Crippen molar-refractivity contribution in [2.75, 3.05) is 20.0 Å². The van der Waals surface area contributed by atoms with Gasteiger partial charge in [0.05, 0.1) is 20.0 Å². The fourth-order valence-corrected chi connectivity index (χ4v) is 6.45. The van der Waals surface area contributed by atoms with E-state index in [1.54, 1.807) is 35.0 Å². The zero-order valence-corrected chi connectivity index (χ0v) is 32.5. The maximum atomic E-state index is 12.2. The Labute approximate surface area is 325 Å². The van der Waals surface area contributed by atoms with Crippen molar-refractivity contribution in [3.8, 4) is 45.3 Å². The number of ether oxygens (including phenoxy) is 4. The van der Waals surface area contributed by atoms with E-state index in [0.717, 1.165) is 39.3 Å². The summed E-state index contributed by atoms with van der Waals surface area (Å²) in [7, 11) is -0.394. The van der Waals surface area contributed by atoms with Crippen LogP contribution in [0.3, 0.4) is 0 Å². The number of rotatable bonds is 15. The van der Waals surface area contributed by atoms with Crippen LogP contribution in [0.5, 0.6) is 23.0 Å². The standard InChI is InChI=1S/C23H25NO6S.C20H18O5/c1-4-13-31(26,27)24-23(25)22-14-19(16(2)30-22)15-29-21-11-7-18(8-12-21)17-5-9-20(28-3)10-6-17;1-13-16(11-19(25-13)20(21)22)12-24-18-9-5-15(6-10-18)14-3-7-17(23-2)8-4-14/h5-12,14H,4,13,15H2,1-3H3,(H,24,25);3-11H,12H2,1-2H3,(H,21,22). The van der Waals surface area contributed by atoms with Gasteiger partial charge in [-0.25, -0.2) is 17.9 Å². The SMILES string of the molecule is CCCS(=O)(=O)NC(=O)c1cc(COc2ccc(-c3ccc(OC)cc3)cc2)c(C)o1.COc1ccc(-c2ccc(OCc3cc(C(=O)O)oc3C)cc2)cc1. The number of carboxylic acid groups (broad SMARTS) is 1. The summed E-state index contributed by atoms with van der Waals surface area (Å²) >= 11 is 0. The fourth-order valence-electron chi connectivity index (χ4n) is 5.43. The van der Waals surface area contributed by atoms with E-state index in [9.17, 15) is 18.0 Å². The highest BCUT2D eigenvalue weighted by molar-refractivity contribution is 7.90. The molecule has 2 aromatic heterocycles. The minimum atomic E-state index is -3.67. The van der Waals surface area contributed by atoms with Gasteiger partial charge in [-0.1, -0.05) is 55.5 Å². The van der Waals surface area contributed by atoms with Crippen LogP contribution in [-0.4, -0.2) is 45.4 Å². The highest BCUT2D eigenvalue weighted by Gasteiger charge is 2.20. The van der Waals surface area contributed by atoms with Crippen LogP contribution in [0.2, 0.25) is 0 Å². The molecule has 6 rings (SSSR count). The molecule has 0 saturated carbocycles. The van der Waals surface area contributed by atoms with Gasteiger partial charge >= 0.3 is 5.97 Å². The second-order valence-electron chi connectivity index (χ2n) is 12.5. The summed E-state index contributed by atoms with van der Waals surface area (Å²) in [5.41, 5.74) is 5.65. The highest BCUT2D eigenvalue weighted by atomic mass is 32.2. The van der Waals surface area contributed by atoms with E-state index >= 15 is 0 Å². The minimum Gasteiger partial charge on any atom is -0.497 e. The average Bonchev–Trinajstić information content (AvgIpc) is 3.78. The van der Waals surface area contributed by atoms with Crippen LogP contribution in [0.15, 0.2) is 118 Å². The first-order chi connectivity index (χ1) is 26.9. The predicted octanol–water partition coefficient (Wildman–Crippen LogP) is 8.85. The molecule has 0 fully saturated rings. The summed E-state index contributed by atoms with van der Waals surface area (Å²) in [6, 6.07) is 33.9. The molecule has 0 atom stereocenters. The minimum absolute atomic E-state index is 0.0642. The van der Waals surface area contributed by atoms with Crippen molar-refractivity contribution < 1.29 is 50.9 Å². The molecule has 0 saturated heterocycles. The van der Waals surface area contributed by atoms with Gasteiger partial charge in [0.15, 0.2) is 5.76 Å². The molecule has 56 heavy (non-hydrogen) atoms. The summed E-state index contributed by atoms with van der Waals surface area (Å²) in [5, 5.41) is 8.94. The lowest BCUT2D eigenvalue weighted by Gasteiger charge is -2.07. The summed E-state index contributed by atoms with van der Waals surface area (Å²) in [6.45, 7) is 5.58. The molecule has 0 aliphatic carbocycles. The number of benzene rings is 4. The lowest BCUT2D eigenvalue weighted by molar-refractivity contribution is 0.0660. The van der Waals surface area contributed by atoms with E-state index in [-0.39, 0.29) is 30.5 Å². The zero-order valence-electron chi connectivity index (χ0n) is 31.7. The van der Waals surface area contributed by atoms with Gasteiger partial charge in [-0.2, -0.15) is 0 Å². The van der Waals surface area contributed by atoms with Gasteiger partial charge in [0.1, 0.15) is 47.7 Å². The molecule has 6 aromatic rings. The molecule has 13 heteroatoms. The normalized spacial score (nSPS) is 10.9. The van der Waals surface area contributed by atoms with E-state index in [1.807, 2.05) is 102 Å². The zero-order chi connectivity index (χ0) is 40.2. The largest absolute Gasteiger partial charge is 0.497 e. The van der Waals surface area contributed by atoms with Crippen LogP contribution in [0.1, 0.15) is 57.1 Å². The smallest absolute Gasteiger partial charge is 0.371 e. The van der Waals surface area contributed by atoms with E-state index in [2.05, 4.69) is 0 Å². The summed E-state index contributed by atoms with van der Waals surface area (Å²) < 4.78 is 58.0. The number of sulfonamides is 1. The molecule has 0 aliphatic heterocycles. The lowest BCUT2D eigenvalue weighted by atomic mass is 10.1. The van der Waals surface area contributed by atoms with Crippen LogP contribution in [0, 0.1) is 13.8 Å². The van der Waals surface area contributed by atoms with Crippen molar-refractivity contribution in [2.24, 2.45) is 0 Å². The van der Waals surface area contributed by atoms with Gasteiger partial charge < -0.3 is 32.9 Å². The second-order valence-corrected chi connectivity index (χ2v) is 14.4. The van der Waals surface area contributed by atoms with Gasteiger partial charge in [0, 0.05) is 11.1 Å². The Kier molecular flexibility index (Phi) is 13.6. The molecule has 2 N–H and O–H groups in total. The Bertz CT molecular complexity index is 2330. The number of methoxy groups -OCH3 is 2. The molecule has 0 unspecified atom stereocenters. The van der Waals surface area contributed by atoms with Gasteiger partial charge in [-0.15, -0.1) is 0 Å². The topological polar surface area (TPSA) is 164 Å². The number of carboxylic acids is 1. The first-order valence-corrected chi connectivity index (χ1v) is 19.2. The van der Waals surface area contributed by atoms with Crippen LogP contribution in [-0.2, 0) is 23.2 Å². The monoisotopic (exact) mass is 781 g/mol. The molecule has 1 amide bonds. The summed E-state index contributed by atoms with van der Waals surface area (Å²) in [4.78, 5) is 23.1. The maximum absolute atomic E-state index is 12.2. The first-order valence-electron chi connectivity index (χ1n) is 17.6. The molecule has 2 heterocycles. The van der Waals surface area contributed by atoms with Gasteiger partial charge in [-0.3, -0.25) is 4.79 Å². The number of hydrogen-bond donors (Lipinski definition) is 2. The predicted molar refractivity (Wildman–Crippen MR) is 211 cm³/mol. The van der Waals surface area contributed by atoms with Crippen LogP contribution >= 0.6 is 0 Å². The van der Waals surface area contributed by atoms with Crippen molar-refractivity contribution >= 4 is 21.9 Å². The molecule has 0 spiro atoms. The molecule has 0 radical (unpaired) electrons. The van der Waals surface area contributed by atoms with E-state index in [0.29, 0.717) is 35.0 Å². The van der Waals surface area contributed by atoms with Gasteiger partial charge in [0.2, 0.25) is 15.8 Å². The number of carbonyl (C=O) groups is 2. The van der Waals surface area contributed by atoms with Crippen LogP contribution in [0.4, 0.5) is 0 Å². The molecule has 292 valence electrons. The number of aromatic carboxylic acids is 1. The number of aryl methyl sites for hydroxylation is 2. The van der Waals surface area contributed by atoms with Crippen molar-refractivity contribution in [3.05, 3.63) is 143 Å². The van der Waals surface area contributed by atoms with Crippen molar-refractivity contribution in [2.45, 2.75) is 40.4 Å². The molecule has 4 aromatic carbocycles. The number of hydrogen-bond acceptors (Lipinski definition) is 10. The molecule has 0 bridgehead atoms. The number of nitrogens with one attached hydrogen (secondary N) is 1. The van der Waals surface area contributed by atoms with Gasteiger partial charge in [-0.05, 0) is 103 Å². The van der Waals surface area contributed by atoms with Gasteiger partial charge in [0.25, 0.3) is 5.91 Å². The lowest BCUT2D eigenvalue weighted by Crippen LogP contribution is -2.32. The quantitative estimate of drug-likeness (QED) is 0.102. The molecule has 0 aliphatic rings. The Morgan fingerprint density at radius 2 is 0.964 bits per heavy atom. The average molecular weight is 782 g/mol. The number of carbonyl (C=O) groups excluding carboxylic acids is 1. The number of furan rings is 2. The Balaban J connectivity index is 0.000000219. The summed E-state index contributed by atoms with van der Waals surface area (Å²) in [5.74, 6) is 1.89. The highest BCUT2D eigenvalue weighted by Crippen LogP contribution is 2.27. The Morgan fingerprint density at radius 3 is 1.30 bits per heavy atom. The van der Waals surface area contributed by atoms with Crippen LogP contribution < -0.4 is 23.7 Å². The molecular weight excluding hydrogens is 739 g/mol. The Hall–Kier alpha value is -6.47. The van der Waals surface area contributed by atoms with Crippen molar-refractivity contribution in [3.63, 3.8) is 0 Å². The van der Waals surface area contributed by atoms with E-state index in [4.69, 9.17) is 32.9 Å². The van der Waals surface area contributed by atoms with E-state index < -0.39 is 21.9 Å². The third-order valence-electron chi connectivity index (χ3n) is 8.54. The summed E-state index contributed by atoms with van der Waals surface area (Å²) in [6.07, 6.45) is 0.413. The fraction of sp³-hybridized carbons (Fsp3) is 0.209. The third kappa shape index (κ3) is 11.0. The van der Waals surface area contributed by atoms with Crippen molar-refractivity contribution in [1.82, 2.24) is 4.72 Å². The third-order valence-corrected chi connectivity index (χ3v) is 9.98. The number of amides is 1. The second kappa shape index (κ2) is 18.7. The van der Waals surface area contributed by atoms with Crippen molar-refractivity contribution in [1.29, 1.82) is 0 Å². The van der Waals surface area contributed by atoms with E-state index in [1.165, 1.54) is 12.1 Å². The molecular formula is C43H43NO11S. The Morgan fingerprint density at radius 1 is 0.607 bits per heavy atom. The molecule has 12 nitrogen and oxygen atoms in total. The van der Waals surface area contributed by atoms with Crippen LogP contribution in [0.25, 0.3) is 22.3 Å².